The average molecular weight is 544 g/mol. The van der Waals surface area contributed by atoms with Gasteiger partial charge < -0.3 is 15.0 Å². The molecule has 36 heavy (non-hydrogen) atoms. The lowest BCUT2D eigenvalue weighted by Gasteiger charge is -2.35. The van der Waals surface area contributed by atoms with Crippen molar-refractivity contribution in [3.05, 3.63) is 38.3 Å². The summed E-state index contributed by atoms with van der Waals surface area (Å²) in [6, 6.07) is 0.144. The summed E-state index contributed by atoms with van der Waals surface area (Å²) in [7, 11) is 0. The van der Waals surface area contributed by atoms with Crippen molar-refractivity contribution in [1.82, 2.24) is 24.8 Å². The Kier molecular flexibility index (Phi) is 11.6. The molecule has 9 nitrogen and oxygen atoms in total. The number of hydrogen-bond donors (Lipinski definition) is 1. The Morgan fingerprint density at radius 3 is 2.44 bits per heavy atom. The SMILES string of the molecule is CC.CCC(c1nc(C2CC2)no1)N1CCC(n2ncc(Cl)c(Cl)c2=O)CC1.NCC1CCCOC1. The summed E-state index contributed by atoms with van der Waals surface area (Å²) in [5.74, 6) is 2.68. The number of likely N-dealkylation sites (tertiary alicyclic amines) is 1. The Morgan fingerprint density at radius 1 is 1.17 bits per heavy atom. The van der Waals surface area contributed by atoms with Crippen LogP contribution in [0.4, 0.5) is 0 Å². The van der Waals surface area contributed by atoms with E-state index in [1.165, 1.54) is 23.7 Å². The van der Waals surface area contributed by atoms with Gasteiger partial charge in [-0.15, -0.1) is 0 Å². The van der Waals surface area contributed by atoms with Gasteiger partial charge in [-0.05, 0) is 57.4 Å². The number of halogens is 2. The number of nitrogens with two attached hydrogens (primary N) is 1. The van der Waals surface area contributed by atoms with E-state index < -0.39 is 0 Å². The van der Waals surface area contributed by atoms with E-state index in [1.54, 1.807) is 0 Å². The first-order valence-corrected chi connectivity index (χ1v) is 14.1. The lowest BCUT2D eigenvalue weighted by molar-refractivity contribution is 0.0580. The van der Waals surface area contributed by atoms with Crippen molar-refractivity contribution in [2.45, 2.75) is 83.7 Å². The van der Waals surface area contributed by atoms with E-state index in [-0.39, 0.29) is 27.7 Å². The topological polar surface area (TPSA) is 112 Å². The maximum atomic E-state index is 12.3. The summed E-state index contributed by atoms with van der Waals surface area (Å²) in [6.45, 7) is 10.4. The maximum absolute atomic E-state index is 12.3. The fraction of sp³-hybridized carbons (Fsp3) is 0.760. The van der Waals surface area contributed by atoms with Gasteiger partial charge in [0.15, 0.2) is 5.82 Å². The van der Waals surface area contributed by atoms with E-state index in [9.17, 15) is 4.79 Å². The molecule has 11 heteroatoms. The molecule has 2 N–H and O–H groups in total. The van der Waals surface area contributed by atoms with Crippen molar-refractivity contribution >= 4 is 23.2 Å². The van der Waals surface area contributed by atoms with Crippen LogP contribution in [0.1, 0.15) is 95.4 Å². The Bertz CT molecular complexity index is 982. The third kappa shape index (κ3) is 7.51. The van der Waals surface area contributed by atoms with Gasteiger partial charge in [0.05, 0.1) is 29.9 Å². The van der Waals surface area contributed by atoms with Crippen molar-refractivity contribution in [3.63, 3.8) is 0 Å². The molecule has 2 saturated heterocycles. The predicted octanol–water partition coefficient (Wildman–Crippen LogP) is 5.00. The van der Waals surface area contributed by atoms with E-state index in [0.29, 0.717) is 17.7 Å². The van der Waals surface area contributed by atoms with Crippen molar-refractivity contribution in [1.29, 1.82) is 0 Å². The van der Waals surface area contributed by atoms with Crippen LogP contribution in [0.3, 0.4) is 0 Å². The van der Waals surface area contributed by atoms with E-state index in [2.05, 4.69) is 27.1 Å². The van der Waals surface area contributed by atoms with Gasteiger partial charge in [-0.2, -0.15) is 10.1 Å². The Hall–Kier alpha value is -1.52. The molecule has 0 aromatic carbocycles. The van der Waals surface area contributed by atoms with Crippen LogP contribution in [0.5, 0.6) is 0 Å². The molecule has 0 radical (unpaired) electrons. The van der Waals surface area contributed by atoms with E-state index in [0.717, 1.165) is 70.8 Å². The summed E-state index contributed by atoms with van der Waals surface area (Å²) >= 11 is 11.8. The zero-order valence-electron chi connectivity index (χ0n) is 21.7. The molecule has 5 rings (SSSR count). The van der Waals surface area contributed by atoms with Crippen LogP contribution in [0.15, 0.2) is 15.5 Å². The second-order valence-corrected chi connectivity index (χ2v) is 10.1. The van der Waals surface area contributed by atoms with E-state index in [4.69, 9.17) is 38.2 Å². The normalized spacial score (nSPS) is 21.7. The highest BCUT2D eigenvalue weighted by Gasteiger charge is 2.33. The number of ether oxygens (including phenoxy) is 1. The van der Waals surface area contributed by atoms with Crippen molar-refractivity contribution in [2.75, 3.05) is 32.8 Å². The zero-order valence-corrected chi connectivity index (χ0v) is 23.2. The molecule has 1 saturated carbocycles. The summed E-state index contributed by atoms with van der Waals surface area (Å²) in [5.41, 5.74) is 5.10. The van der Waals surface area contributed by atoms with Crippen LogP contribution >= 0.6 is 23.2 Å². The van der Waals surface area contributed by atoms with Crippen LogP contribution in [0.25, 0.3) is 0 Å². The van der Waals surface area contributed by atoms with Crippen LogP contribution in [0, 0.1) is 5.92 Å². The molecule has 0 amide bonds. The zero-order chi connectivity index (χ0) is 26.1. The molecular formula is C25H40Cl2N6O3. The molecule has 202 valence electrons. The fourth-order valence-corrected chi connectivity index (χ4v) is 4.86. The third-order valence-electron chi connectivity index (χ3n) is 6.85. The smallest absolute Gasteiger partial charge is 0.287 e. The lowest BCUT2D eigenvalue weighted by atomic mass is 10.0. The molecule has 2 unspecified atom stereocenters. The quantitative estimate of drug-likeness (QED) is 0.542. The molecule has 0 spiro atoms. The van der Waals surface area contributed by atoms with Gasteiger partial charge in [0, 0.05) is 25.6 Å². The molecule has 4 heterocycles. The van der Waals surface area contributed by atoms with Gasteiger partial charge in [0.25, 0.3) is 5.56 Å². The van der Waals surface area contributed by atoms with Crippen molar-refractivity contribution < 1.29 is 9.26 Å². The standard InChI is InChI=1S/C17H21Cl2N5O2.C6H13NO.C2H6/c1-2-13(16-21-15(22-26-16)10-3-4-10)23-7-5-11(6-8-23)24-17(25)14(19)12(18)9-20-24;7-4-6-2-1-3-8-5-6;1-2/h9-11,13H,2-8H2,1H3;6H,1-5,7H2;1-2H3. The van der Waals surface area contributed by atoms with Gasteiger partial charge >= 0.3 is 0 Å². The number of aromatic nitrogens is 4. The minimum atomic E-state index is -0.323. The molecule has 2 aromatic rings. The number of nitrogens with zero attached hydrogens (tertiary/aromatic N) is 5. The Balaban J connectivity index is 0.000000305. The Labute approximate surface area is 223 Å². The van der Waals surface area contributed by atoms with Crippen molar-refractivity contribution in [3.8, 4) is 0 Å². The first kappa shape index (κ1) is 29.0. The molecule has 2 atom stereocenters. The van der Waals surface area contributed by atoms with Gasteiger partial charge in [0.2, 0.25) is 5.89 Å². The maximum Gasteiger partial charge on any atom is 0.287 e. The summed E-state index contributed by atoms with van der Waals surface area (Å²) in [6.07, 6.45) is 8.74. The van der Waals surface area contributed by atoms with Gasteiger partial charge in [0.1, 0.15) is 5.02 Å². The van der Waals surface area contributed by atoms with E-state index in [1.807, 2.05) is 13.8 Å². The molecular weight excluding hydrogens is 503 g/mol. The van der Waals surface area contributed by atoms with Gasteiger partial charge in [-0.3, -0.25) is 9.69 Å². The lowest BCUT2D eigenvalue weighted by Crippen LogP contribution is -2.40. The summed E-state index contributed by atoms with van der Waals surface area (Å²) in [4.78, 5) is 19.3. The first-order valence-electron chi connectivity index (χ1n) is 13.3. The number of rotatable bonds is 6. The van der Waals surface area contributed by atoms with Gasteiger partial charge in [-0.1, -0.05) is 49.1 Å². The van der Waals surface area contributed by atoms with Crippen molar-refractivity contribution in [2.24, 2.45) is 11.7 Å². The fourth-order valence-electron chi connectivity index (χ4n) is 4.60. The van der Waals surface area contributed by atoms with E-state index >= 15 is 0 Å². The molecule has 0 bridgehead atoms. The minimum Gasteiger partial charge on any atom is -0.381 e. The van der Waals surface area contributed by atoms with Crippen LogP contribution in [0.2, 0.25) is 10.0 Å². The molecule has 3 aliphatic rings. The van der Waals surface area contributed by atoms with Crippen LogP contribution < -0.4 is 11.3 Å². The average Bonchev–Trinajstić information content (AvgIpc) is 3.68. The summed E-state index contributed by atoms with van der Waals surface area (Å²) < 4.78 is 12.2. The second kappa shape index (κ2) is 14.4. The largest absolute Gasteiger partial charge is 0.381 e. The number of piperidine rings is 1. The second-order valence-electron chi connectivity index (χ2n) is 9.33. The molecule has 2 aromatic heterocycles. The third-order valence-corrected chi connectivity index (χ3v) is 7.59. The predicted molar refractivity (Wildman–Crippen MR) is 142 cm³/mol. The Morgan fingerprint density at radius 2 is 1.89 bits per heavy atom. The molecule has 3 fully saturated rings. The molecule has 1 aliphatic carbocycles. The monoisotopic (exact) mass is 542 g/mol. The number of hydrogen-bond acceptors (Lipinski definition) is 8. The van der Waals surface area contributed by atoms with Crippen LogP contribution in [-0.4, -0.2) is 57.7 Å². The molecule has 2 aliphatic heterocycles. The van der Waals surface area contributed by atoms with Gasteiger partial charge in [-0.25, -0.2) is 4.68 Å². The summed E-state index contributed by atoms with van der Waals surface area (Å²) in [5, 5.41) is 8.54. The highest BCUT2D eigenvalue weighted by Crippen LogP contribution is 2.39. The highest BCUT2D eigenvalue weighted by molar-refractivity contribution is 6.41. The van der Waals surface area contributed by atoms with Crippen LogP contribution in [-0.2, 0) is 4.74 Å². The minimum absolute atomic E-state index is 0.0238. The first-order chi connectivity index (χ1) is 17.5. The highest BCUT2D eigenvalue weighted by atomic mass is 35.5.